The molecule has 1 rings (SSSR count). The smallest absolute Gasteiger partial charge is 0.317 e. The van der Waals surface area contributed by atoms with Gasteiger partial charge >= 0.3 is 5.97 Å². The third kappa shape index (κ3) is 4.18. The molecule has 0 N–H and O–H groups in total. The summed E-state index contributed by atoms with van der Waals surface area (Å²) in [6, 6.07) is 7.62. The number of rotatable bonds is 2. The molecule has 0 heterocycles. The molecule has 0 radical (unpaired) electrons. The maximum Gasteiger partial charge on any atom is 0.317 e. The number of benzene rings is 1. The van der Waals surface area contributed by atoms with Gasteiger partial charge in [0.2, 0.25) is 0 Å². The molecule has 0 fully saturated rings. The minimum atomic E-state index is -0.281. The molecule has 78 valence electrons. The predicted molar refractivity (Wildman–Crippen MR) is 62.3 cm³/mol. The van der Waals surface area contributed by atoms with Crippen LogP contribution in [0.4, 0.5) is 0 Å². The van der Waals surface area contributed by atoms with Crippen molar-refractivity contribution in [1.82, 2.24) is 0 Å². The van der Waals surface area contributed by atoms with E-state index < -0.39 is 0 Å². The van der Waals surface area contributed by atoms with Crippen molar-refractivity contribution in [2.45, 2.75) is 13.3 Å². The number of carbonyl (C=O) groups is 1. The standard InChI is InChI=1S/C12H11BrO2/c1-2-15-12(14)9-5-7-10-6-3-4-8-11(10)13/h3-4,6,8H,2,9H2,1H3. The number of ether oxygens (including phenoxy) is 1. The van der Waals surface area contributed by atoms with Crippen molar-refractivity contribution >= 4 is 21.9 Å². The molecule has 1 aromatic rings. The van der Waals surface area contributed by atoms with Gasteiger partial charge in [-0.25, -0.2) is 0 Å². The average Bonchev–Trinajstić information content (AvgIpc) is 2.21. The van der Waals surface area contributed by atoms with E-state index in [9.17, 15) is 4.79 Å². The molecule has 0 aliphatic heterocycles. The van der Waals surface area contributed by atoms with Crippen LogP contribution in [0.2, 0.25) is 0 Å². The summed E-state index contributed by atoms with van der Waals surface area (Å²) >= 11 is 3.38. The van der Waals surface area contributed by atoms with Gasteiger partial charge in [-0.05, 0) is 35.0 Å². The van der Waals surface area contributed by atoms with Crippen LogP contribution in [0, 0.1) is 11.8 Å². The summed E-state index contributed by atoms with van der Waals surface area (Å²) in [6.07, 6.45) is 0.134. The summed E-state index contributed by atoms with van der Waals surface area (Å²) in [7, 11) is 0. The molecule has 15 heavy (non-hydrogen) atoms. The summed E-state index contributed by atoms with van der Waals surface area (Å²) in [5, 5.41) is 0. The maximum absolute atomic E-state index is 11.0. The second-order valence-electron chi connectivity index (χ2n) is 2.76. The van der Waals surface area contributed by atoms with Crippen LogP contribution in [0.15, 0.2) is 28.7 Å². The number of hydrogen-bond donors (Lipinski definition) is 0. The Labute approximate surface area is 97.8 Å². The summed E-state index contributed by atoms with van der Waals surface area (Å²) in [6.45, 7) is 2.18. The number of esters is 1. The zero-order chi connectivity index (χ0) is 11.1. The average molecular weight is 267 g/mol. The van der Waals surface area contributed by atoms with Gasteiger partial charge in [0.25, 0.3) is 0 Å². The molecule has 0 bridgehead atoms. The molecule has 0 saturated heterocycles. The van der Waals surface area contributed by atoms with E-state index >= 15 is 0 Å². The van der Waals surface area contributed by atoms with Crippen LogP contribution in [-0.4, -0.2) is 12.6 Å². The molecule has 1 aromatic carbocycles. The van der Waals surface area contributed by atoms with Gasteiger partial charge in [0.15, 0.2) is 0 Å². The molecular weight excluding hydrogens is 256 g/mol. The molecule has 0 amide bonds. The lowest BCUT2D eigenvalue weighted by Gasteiger charge is -1.95. The highest BCUT2D eigenvalue weighted by Crippen LogP contribution is 2.14. The number of carbonyl (C=O) groups excluding carboxylic acids is 1. The van der Waals surface area contributed by atoms with E-state index in [1.165, 1.54) is 0 Å². The van der Waals surface area contributed by atoms with Crippen LogP contribution < -0.4 is 0 Å². The van der Waals surface area contributed by atoms with Crippen molar-refractivity contribution in [3.8, 4) is 11.8 Å². The van der Waals surface area contributed by atoms with Gasteiger partial charge in [-0.2, -0.15) is 0 Å². The fraction of sp³-hybridized carbons (Fsp3) is 0.250. The quantitative estimate of drug-likeness (QED) is 0.608. The SMILES string of the molecule is CCOC(=O)CC#Cc1ccccc1Br. The maximum atomic E-state index is 11.0. The third-order valence-electron chi connectivity index (χ3n) is 1.63. The topological polar surface area (TPSA) is 26.3 Å². The number of hydrogen-bond acceptors (Lipinski definition) is 2. The Bertz CT molecular complexity index is 402. The zero-order valence-corrected chi connectivity index (χ0v) is 10.0. The zero-order valence-electron chi connectivity index (χ0n) is 8.42. The van der Waals surface area contributed by atoms with Crippen molar-refractivity contribution in [2.24, 2.45) is 0 Å². The minimum Gasteiger partial charge on any atom is -0.465 e. The van der Waals surface area contributed by atoms with Gasteiger partial charge in [-0.15, -0.1) is 0 Å². The van der Waals surface area contributed by atoms with Crippen molar-refractivity contribution in [3.63, 3.8) is 0 Å². The van der Waals surface area contributed by atoms with Gasteiger partial charge in [-0.1, -0.05) is 24.0 Å². The summed E-state index contributed by atoms with van der Waals surface area (Å²) in [5.74, 6) is 5.40. The first kappa shape index (κ1) is 11.8. The molecule has 0 aliphatic rings. The van der Waals surface area contributed by atoms with Crippen molar-refractivity contribution in [2.75, 3.05) is 6.61 Å². The van der Waals surface area contributed by atoms with Gasteiger partial charge < -0.3 is 4.74 Å². The Morgan fingerprint density at radius 1 is 1.47 bits per heavy atom. The van der Waals surface area contributed by atoms with Crippen LogP contribution in [0.5, 0.6) is 0 Å². The fourth-order valence-electron chi connectivity index (χ4n) is 0.986. The van der Waals surface area contributed by atoms with Gasteiger partial charge in [0.1, 0.15) is 6.42 Å². The van der Waals surface area contributed by atoms with E-state index in [0.29, 0.717) is 6.61 Å². The lowest BCUT2D eigenvalue weighted by atomic mass is 10.2. The highest BCUT2D eigenvalue weighted by molar-refractivity contribution is 9.10. The van der Waals surface area contributed by atoms with Gasteiger partial charge in [0, 0.05) is 10.0 Å². The summed E-state index contributed by atoms with van der Waals surface area (Å²) in [5.41, 5.74) is 0.877. The van der Waals surface area contributed by atoms with E-state index in [2.05, 4.69) is 27.8 Å². The van der Waals surface area contributed by atoms with Crippen LogP contribution in [0.25, 0.3) is 0 Å². The Morgan fingerprint density at radius 3 is 2.87 bits per heavy atom. The van der Waals surface area contributed by atoms with Crippen molar-refractivity contribution in [1.29, 1.82) is 0 Å². The Kier molecular flexibility index (Phi) is 4.92. The van der Waals surface area contributed by atoms with Gasteiger partial charge in [-0.3, -0.25) is 4.79 Å². The molecule has 0 saturated carbocycles. The molecule has 0 atom stereocenters. The first-order valence-electron chi connectivity index (χ1n) is 4.63. The third-order valence-corrected chi connectivity index (χ3v) is 2.33. The van der Waals surface area contributed by atoms with E-state index in [1.807, 2.05) is 24.3 Å². The van der Waals surface area contributed by atoms with E-state index in [1.54, 1.807) is 6.92 Å². The summed E-state index contributed by atoms with van der Waals surface area (Å²) < 4.78 is 5.69. The largest absolute Gasteiger partial charge is 0.465 e. The lowest BCUT2D eigenvalue weighted by molar-refractivity contribution is -0.141. The first-order valence-corrected chi connectivity index (χ1v) is 5.42. The molecule has 0 aliphatic carbocycles. The van der Waals surface area contributed by atoms with Crippen LogP contribution >= 0.6 is 15.9 Å². The van der Waals surface area contributed by atoms with Crippen molar-refractivity contribution < 1.29 is 9.53 Å². The van der Waals surface area contributed by atoms with Crippen LogP contribution in [0.3, 0.4) is 0 Å². The molecule has 0 aromatic heterocycles. The fourth-order valence-corrected chi connectivity index (χ4v) is 1.37. The summed E-state index contributed by atoms with van der Waals surface area (Å²) in [4.78, 5) is 11.0. The van der Waals surface area contributed by atoms with E-state index in [-0.39, 0.29) is 12.4 Å². The van der Waals surface area contributed by atoms with E-state index in [0.717, 1.165) is 10.0 Å². The predicted octanol–water partition coefficient (Wildman–Crippen LogP) is 2.75. The normalized spacial score (nSPS) is 8.93. The molecule has 3 heteroatoms. The van der Waals surface area contributed by atoms with E-state index in [4.69, 9.17) is 4.74 Å². The molecule has 0 unspecified atom stereocenters. The number of halogens is 1. The first-order chi connectivity index (χ1) is 7.24. The second kappa shape index (κ2) is 6.26. The minimum absolute atomic E-state index is 0.134. The molecular formula is C12H11BrO2. The van der Waals surface area contributed by atoms with Crippen LogP contribution in [0.1, 0.15) is 18.9 Å². The Hall–Kier alpha value is -1.27. The highest BCUT2D eigenvalue weighted by Gasteiger charge is 1.97. The van der Waals surface area contributed by atoms with Crippen LogP contribution in [-0.2, 0) is 9.53 Å². The van der Waals surface area contributed by atoms with Crippen molar-refractivity contribution in [3.05, 3.63) is 34.3 Å². The Morgan fingerprint density at radius 2 is 2.20 bits per heavy atom. The Balaban J connectivity index is 2.59. The van der Waals surface area contributed by atoms with Gasteiger partial charge in [0.05, 0.1) is 6.61 Å². The lowest BCUT2D eigenvalue weighted by Crippen LogP contribution is -2.01. The molecule has 2 nitrogen and oxygen atoms in total. The molecule has 0 spiro atoms. The highest BCUT2D eigenvalue weighted by atomic mass is 79.9. The monoisotopic (exact) mass is 266 g/mol. The second-order valence-corrected chi connectivity index (χ2v) is 3.62.